The average molecular weight is 279 g/mol. The van der Waals surface area contributed by atoms with E-state index in [1.54, 1.807) is 6.07 Å². The number of methoxy groups -OCH3 is 1. The van der Waals surface area contributed by atoms with Crippen LogP contribution in [-0.4, -0.2) is 30.5 Å². The lowest BCUT2D eigenvalue weighted by Gasteiger charge is -2.11. The molecular weight excluding hydrogens is 262 g/mol. The van der Waals surface area contributed by atoms with E-state index >= 15 is 0 Å². The van der Waals surface area contributed by atoms with Crippen LogP contribution in [0, 0.1) is 10.1 Å². The van der Waals surface area contributed by atoms with E-state index in [0.29, 0.717) is 25.3 Å². The molecule has 7 heteroatoms. The van der Waals surface area contributed by atoms with Crippen molar-refractivity contribution < 1.29 is 14.5 Å². The smallest absolute Gasteiger partial charge is 0.273 e. The largest absolute Gasteiger partial charge is 0.496 e. The van der Waals surface area contributed by atoms with E-state index in [0.717, 1.165) is 12.0 Å². The molecule has 0 bridgehead atoms. The van der Waals surface area contributed by atoms with Gasteiger partial charge in [-0.25, -0.2) is 0 Å². The number of benzene rings is 1. The molecule has 0 aromatic heterocycles. The fourth-order valence-electron chi connectivity index (χ4n) is 2.19. The van der Waals surface area contributed by atoms with Crippen molar-refractivity contribution in [2.75, 3.05) is 13.7 Å². The van der Waals surface area contributed by atoms with Crippen molar-refractivity contribution in [1.29, 1.82) is 0 Å². The number of carbonyl (C=O) groups excluding carboxylic acids is 1. The highest BCUT2D eigenvalue weighted by Gasteiger charge is 2.20. The maximum absolute atomic E-state index is 11.1. The third-order valence-corrected chi connectivity index (χ3v) is 3.20. The zero-order valence-electron chi connectivity index (χ0n) is 11.2. The molecule has 1 saturated heterocycles. The van der Waals surface area contributed by atoms with Crippen molar-refractivity contribution in [3.8, 4) is 5.75 Å². The Morgan fingerprint density at radius 2 is 2.30 bits per heavy atom. The topological polar surface area (TPSA) is 93.5 Å². The zero-order chi connectivity index (χ0) is 14.5. The van der Waals surface area contributed by atoms with Crippen LogP contribution >= 0.6 is 0 Å². The lowest BCUT2D eigenvalue weighted by molar-refractivity contribution is -0.385. The van der Waals surface area contributed by atoms with E-state index in [2.05, 4.69) is 10.6 Å². The molecule has 0 aliphatic carbocycles. The van der Waals surface area contributed by atoms with Gasteiger partial charge in [-0.05, 0) is 18.1 Å². The number of ether oxygens (including phenoxy) is 1. The Kier molecular flexibility index (Phi) is 4.52. The second kappa shape index (κ2) is 6.33. The number of nitrogens with one attached hydrogen (secondary N) is 2. The van der Waals surface area contributed by atoms with Gasteiger partial charge in [-0.1, -0.05) is 0 Å². The average Bonchev–Trinajstić information content (AvgIpc) is 2.84. The van der Waals surface area contributed by atoms with E-state index in [-0.39, 0.29) is 17.6 Å². The second-order valence-electron chi connectivity index (χ2n) is 4.73. The number of non-ortho nitro benzene ring substituents is 1. The number of nitro benzene ring substituents is 1. The molecule has 1 aromatic carbocycles. The molecule has 1 heterocycles. The zero-order valence-corrected chi connectivity index (χ0v) is 11.2. The Hall–Kier alpha value is -2.15. The van der Waals surface area contributed by atoms with Crippen molar-refractivity contribution >= 4 is 11.6 Å². The van der Waals surface area contributed by atoms with Gasteiger partial charge in [0, 0.05) is 31.6 Å². The summed E-state index contributed by atoms with van der Waals surface area (Å²) < 4.78 is 5.05. The highest BCUT2D eigenvalue weighted by molar-refractivity contribution is 5.78. The lowest BCUT2D eigenvalue weighted by Crippen LogP contribution is -2.35. The molecule has 7 nitrogen and oxygen atoms in total. The van der Waals surface area contributed by atoms with Crippen LogP contribution in [0.15, 0.2) is 18.2 Å². The van der Waals surface area contributed by atoms with Gasteiger partial charge in [0.1, 0.15) is 5.75 Å². The van der Waals surface area contributed by atoms with Crippen molar-refractivity contribution in [2.45, 2.75) is 25.4 Å². The Morgan fingerprint density at radius 1 is 1.50 bits per heavy atom. The van der Waals surface area contributed by atoms with Crippen molar-refractivity contribution in [3.05, 3.63) is 33.9 Å². The Balaban J connectivity index is 1.93. The molecule has 1 aliphatic heterocycles. The van der Waals surface area contributed by atoms with Gasteiger partial charge in [0.25, 0.3) is 5.69 Å². The quantitative estimate of drug-likeness (QED) is 0.598. The van der Waals surface area contributed by atoms with Gasteiger partial charge < -0.3 is 15.4 Å². The monoisotopic (exact) mass is 279 g/mol. The summed E-state index contributed by atoms with van der Waals surface area (Å²) in [5.74, 6) is 0.541. The van der Waals surface area contributed by atoms with E-state index < -0.39 is 4.92 Å². The number of rotatable bonds is 6. The minimum absolute atomic E-state index is 0.00955. The summed E-state index contributed by atoms with van der Waals surface area (Å²) in [5, 5.41) is 16.9. The highest BCUT2D eigenvalue weighted by atomic mass is 16.6. The normalized spacial score (nSPS) is 17.9. The molecule has 2 N–H and O–H groups in total. The van der Waals surface area contributed by atoms with Gasteiger partial charge in [-0.3, -0.25) is 14.9 Å². The third-order valence-electron chi connectivity index (χ3n) is 3.20. The van der Waals surface area contributed by atoms with Crippen LogP contribution in [0.2, 0.25) is 0 Å². The summed E-state index contributed by atoms with van der Waals surface area (Å²) in [6, 6.07) is 4.81. The van der Waals surface area contributed by atoms with Gasteiger partial charge >= 0.3 is 0 Å². The van der Waals surface area contributed by atoms with Gasteiger partial charge in [-0.2, -0.15) is 0 Å². The van der Waals surface area contributed by atoms with Crippen LogP contribution in [0.25, 0.3) is 0 Å². The lowest BCUT2D eigenvalue weighted by atomic mass is 10.1. The summed E-state index contributed by atoms with van der Waals surface area (Å²) in [7, 11) is 1.48. The minimum atomic E-state index is -0.441. The molecule has 2 rings (SSSR count). The fraction of sp³-hybridized carbons (Fsp3) is 0.462. The molecule has 1 amide bonds. The van der Waals surface area contributed by atoms with Crippen molar-refractivity contribution in [3.63, 3.8) is 0 Å². The van der Waals surface area contributed by atoms with E-state index in [4.69, 9.17) is 4.74 Å². The maximum atomic E-state index is 11.1. The van der Waals surface area contributed by atoms with Crippen LogP contribution in [0.3, 0.4) is 0 Å². The molecule has 1 atom stereocenters. The summed E-state index contributed by atoms with van der Waals surface area (Å²) in [4.78, 5) is 21.4. The first-order valence-corrected chi connectivity index (χ1v) is 6.41. The number of hydrogen-bond donors (Lipinski definition) is 2. The number of nitrogens with zero attached hydrogens (tertiary/aromatic N) is 1. The summed E-state index contributed by atoms with van der Waals surface area (Å²) >= 11 is 0. The van der Waals surface area contributed by atoms with E-state index in [9.17, 15) is 14.9 Å². The molecule has 1 aliphatic rings. The first-order chi connectivity index (χ1) is 9.58. The van der Waals surface area contributed by atoms with Crippen molar-refractivity contribution in [1.82, 2.24) is 10.6 Å². The number of nitro groups is 1. The molecule has 1 fully saturated rings. The molecule has 108 valence electrons. The van der Waals surface area contributed by atoms with Crippen LogP contribution in [0.4, 0.5) is 5.69 Å². The van der Waals surface area contributed by atoms with Gasteiger partial charge in [0.15, 0.2) is 0 Å². The van der Waals surface area contributed by atoms with Crippen LogP contribution in [-0.2, 0) is 11.3 Å². The fourth-order valence-corrected chi connectivity index (χ4v) is 2.19. The molecule has 20 heavy (non-hydrogen) atoms. The van der Waals surface area contributed by atoms with Crippen molar-refractivity contribution in [2.24, 2.45) is 0 Å². The molecule has 0 spiro atoms. The second-order valence-corrected chi connectivity index (χ2v) is 4.73. The molecule has 1 unspecified atom stereocenters. The molecular formula is C13H17N3O4. The first-order valence-electron chi connectivity index (χ1n) is 6.41. The minimum Gasteiger partial charge on any atom is -0.496 e. The summed E-state index contributed by atoms with van der Waals surface area (Å²) in [5.41, 5.74) is 0.788. The van der Waals surface area contributed by atoms with Crippen LogP contribution in [0.5, 0.6) is 5.75 Å². The molecule has 0 radical (unpaired) electrons. The Bertz CT molecular complexity index is 518. The highest BCUT2D eigenvalue weighted by Crippen LogP contribution is 2.22. The standard InChI is InChI=1S/C13H17N3O4/c1-20-12-5-9(4-11(6-12)16(18)19)7-14-8-10-2-3-13(17)15-10/h4-6,10,14H,2-3,7-8H2,1H3,(H,15,17). The predicted octanol–water partition coefficient (Wildman–Crippen LogP) is 0.972. The van der Waals surface area contributed by atoms with Gasteiger partial charge in [-0.15, -0.1) is 0 Å². The Labute approximate surface area is 116 Å². The predicted molar refractivity (Wildman–Crippen MR) is 72.5 cm³/mol. The van der Waals surface area contributed by atoms with E-state index in [1.807, 2.05) is 0 Å². The van der Waals surface area contributed by atoms with Crippen LogP contribution < -0.4 is 15.4 Å². The van der Waals surface area contributed by atoms with Gasteiger partial charge in [0.2, 0.25) is 5.91 Å². The van der Waals surface area contributed by atoms with Gasteiger partial charge in [0.05, 0.1) is 18.1 Å². The first kappa shape index (κ1) is 14.3. The summed E-state index contributed by atoms with van der Waals surface area (Å²) in [6.45, 7) is 1.14. The molecule has 1 aromatic rings. The SMILES string of the molecule is COc1cc(CNCC2CCC(=O)N2)cc([N+](=O)[O-])c1. The number of amides is 1. The van der Waals surface area contributed by atoms with E-state index in [1.165, 1.54) is 19.2 Å². The maximum Gasteiger partial charge on any atom is 0.273 e. The molecule has 0 saturated carbocycles. The third kappa shape index (κ3) is 3.67. The van der Waals surface area contributed by atoms with Crippen LogP contribution in [0.1, 0.15) is 18.4 Å². The number of carbonyl (C=O) groups is 1. The Morgan fingerprint density at radius 3 is 2.90 bits per heavy atom. The summed E-state index contributed by atoms with van der Waals surface area (Å²) in [6.07, 6.45) is 1.39. The number of hydrogen-bond acceptors (Lipinski definition) is 5.